The van der Waals surface area contributed by atoms with Gasteiger partial charge in [0, 0.05) is 6.54 Å². The first-order valence-electron chi connectivity index (χ1n) is 7.49. The second-order valence-electron chi connectivity index (χ2n) is 5.85. The molecule has 23 heavy (non-hydrogen) atoms. The monoisotopic (exact) mass is 340 g/mol. The van der Waals surface area contributed by atoms with Crippen molar-refractivity contribution in [2.45, 2.75) is 36.4 Å². The second kappa shape index (κ2) is 6.10. The van der Waals surface area contributed by atoms with Gasteiger partial charge in [0.25, 0.3) is 0 Å². The van der Waals surface area contributed by atoms with Crippen LogP contribution >= 0.6 is 0 Å². The zero-order valence-corrected chi connectivity index (χ0v) is 13.9. The molecule has 0 spiro atoms. The van der Waals surface area contributed by atoms with Crippen LogP contribution in [-0.4, -0.2) is 57.7 Å². The first-order valence-corrected chi connectivity index (χ1v) is 8.97. The molecule has 8 heteroatoms. The zero-order chi connectivity index (χ0) is 16.6. The van der Waals surface area contributed by atoms with Gasteiger partial charge in [0.15, 0.2) is 0 Å². The summed E-state index contributed by atoms with van der Waals surface area (Å²) >= 11 is 0. The number of benzene rings is 1. The fraction of sp³-hybridized carbons (Fsp3) is 0.533. The van der Waals surface area contributed by atoms with Crippen molar-refractivity contribution in [3.8, 4) is 5.75 Å². The van der Waals surface area contributed by atoms with Crippen LogP contribution in [0.5, 0.6) is 5.75 Å². The molecule has 0 saturated carbocycles. The van der Waals surface area contributed by atoms with E-state index in [9.17, 15) is 13.2 Å². The van der Waals surface area contributed by atoms with Crippen molar-refractivity contribution >= 4 is 15.9 Å². The molecule has 3 atom stereocenters. The molecule has 1 aromatic rings. The Morgan fingerprint density at radius 3 is 2.61 bits per heavy atom. The van der Waals surface area contributed by atoms with Gasteiger partial charge in [0.2, 0.25) is 15.9 Å². The van der Waals surface area contributed by atoms with E-state index in [4.69, 9.17) is 9.47 Å². The maximum Gasteiger partial charge on any atom is 0.241 e. The van der Waals surface area contributed by atoms with Crippen molar-refractivity contribution < 1.29 is 22.7 Å². The number of carbonyl (C=O) groups is 1. The highest BCUT2D eigenvalue weighted by Crippen LogP contribution is 2.28. The minimum absolute atomic E-state index is 0.0699. The number of sulfonamides is 1. The van der Waals surface area contributed by atoms with Gasteiger partial charge in [-0.1, -0.05) is 0 Å². The van der Waals surface area contributed by atoms with Crippen molar-refractivity contribution in [1.29, 1.82) is 0 Å². The number of nitrogens with one attached hydrogen (secondary N) is 1. The fourth-order valence-corrected chi connectivity index (χ4v) is 4.22. The number of methoxy groups -OCH3 is 1. The third-order valence-electron chi connectivity index (χ3n) is 4.26. The van der Waals surface area contributed by atoms with E-state index in [1.54, 1.807) is 24.0 Å². The van der Waals surface area contributed by atoms with E-state index >= 15 is 0 Å². The van der Waals surface area contributed by atoms with Crippen molar-refractivity contribution in [3.63, 3.8) is 0 Å². The SMILES string of the molecule is COc1ccc(S(=O)(=O)NC(C)C(=O)N2C[C@H]3C[C@@H]2CO3)cc1. The van der Waals surface area contributed by atoms with Crippen LogP contribution in [0, 0.1) is 0 Å². The van der Waals surface area contributed by atoms with E-state index in [1.165, 1.54) is 19.2 Å². The van der Waals surface area contributed by atoms with Crippen molar-refractivity contribution in [2.75, 3.05) is 20.3 Å². The van der Waals surface area contributed by atoms with Gasteiger partial charge in [0.05, 0.1) is 36.8 Å². The first-order chi connectivity index (χ1) is 10.9. The highest BCUT2D eigenvalue weighted by molar-refractivity contribution is 7.89. The Morgan fingerprint density at radius 1 is 1.39 bits per heavy atom. The Balaban J connectivity index is 1.68. The van der Waals surface area contributed by atoms with Crippen LogP contribution in [0.4, 0.5) is 0 Å². The predicted octanol–water partition coefficient (Wildman–Crippen LogP) is 0.362. The fourth-order valence-electron chi connectivity index (χ4n) is 3.02. The third kappa shape index (κ3) is 3.19. The van der Waals surface area contributed by atoms with Crippen LogP contribution in [-0.2, 0) is 19.6 Å². The van der Waals surface area contributed by atoms with Crippen LogP contribution in [0.2, 0.25) is 0 Å². The van der Waals surface area contributed by atoms with Gasteiger partial charge in [-0.2, -0.15) is 4.72 Å². The van der Waals surface area contributed by atoms with Crippen molar-refractivity contribution in [3.05, 3.63) is 24.3 Å². The topological polar surface area (TPSA) is 84.9 Å². The Morgan fingerprint density at radius 2 is 2.09 bits per heavy atom. The van der Waals surface area contributed by atoms with Gasteiger partial charge in [-0.3, -0.25) is 4.79 Å². The molecule has 2 saturated heterocycles. The summed E-state index contributed by atoms with van der Waals surface area (Å²) in [6.07, 6.45) is 0.929. The second-order valence-corrected chi connectivity index (χ2v) is 7.57. The maximum absolute atomic E-state index is 12.5. The molecule has 2 aliphatic rings. The van der Waals surface area contributed by atoms with Gasteiger partial charge >= 0.3 is 0 Å². The van der Waals surface area contributed by atoms with E-state index in [0.29, 0.717) is 18.9 Å². The summed E-state index contributed by atoms with van der Waals surface area (Å²) in [6, 6.07) is 5.28. The standard InChI is InChI=1S/C15H20N2O5S/c1-10(15(18)17-8-13-7-11(17)9-22-13)16-23(19,20)14-5-3-12(21-2)4-6-14/h3-6,10-11,13,16H,7-9H2,1-2H3/t10?,11-,13-/m1/s1. The van der Waals surface area contributed by atoms with Crippen LogP contribution in [0.3, 0.4) is 0 Å². The Bertz CT molecular complexity index is 688. The summed E-state index contributed by atoms with van der Waals surface area (Å²) in [4.78, 5) is 14.3. The predicted molar refractivity (Wildman–Crippen MR) is 82.6 cm³/mol. The number of ether oxygens (including phenoxy) is 2. The number of hydrogen-bond acceptors (Lipinski definition) is 5. The molecular formula is C15H20N2O5S. The average Bonchev–Trinajstić information content (AvgIpc) is 3.16. The molecule has 2 fully saturated rings. The van der Waals surface area contributed by atoms with E-state index < -0.39 is 16.1 Å². The summed E-state index contributed by atoms with van der Waals surface area (Å²) in [5.41, 5.74) is 0. The minimum atomic E-state index is -3.76. The number of rotatable bonds is 5. The number of likely N-dealkylation sites (tertiary alicyclic amines) is 1. The van der Waals surface area contributed by atoms with Crippen molar-refractivity contribution in [1.82, 2.24) is 9.62 Å². The highest BCUT2D eigenvalue weighted by Gasteiger charge is 2.42. The Labute approximate surface area is 135 Å². The van der Waals surface area contributed by atoms with Crippen LogP contribution < -0.4 is 9.46 Å². The molecule has 1 aromatic carbocycles. The molecule has 7 nitrogen and oxygen atoms in total. The molecule has 0 radical (unpaired) electrons. The number of carbonyl (C=O) groups excluding carboxylic acids is 1. The van der Waals surface area contributed by atoms with Crippen LogP contribution in [0.15, 0.2) is 29.2 Å². The highest BCUT2D eigenvalue weighted by atomic mass is 32.2. The molecule has 2 heterocycles. The van der Waals surface area contributed by atoms with E-state index in [1.807, 2.05) is 0 Å². The smallest absolute Gasteiger partial charge is 0.241 e. The quantitative estimate of drug-likeness (QED) is 0.837. The van der Waals surface area contributed by atoms with Gasteiger partial charge in [-0.15, -0.1) is 0 Å². The lowest BCUT2D eigenvalue weighted by molar-refractivity contribution is -0.137. The first kappa shape index (κ1) is 16.2. The summed E-state index contributed by atoms with van der Waals surface area (Å²) < 4.78 is 37.7. The molecule has 2 bridgehead atoms. The summed E-state index contributed by atoms with van der Waals surface area (Å²) in [6.45, 7) is 2.64. The third-order valence-corrected chi connectivity index (χ3v) is 5.81. The molecule has 1 unspecified atom stereocenters. The maximum atomic E-state index is 12.5. The molecule has 2 aliphatic heterocycles. The number of morpholine rings is 1. The van der Waals surface area contributed by atoms with E-state index in [-0.39, 0.29) is 22.9 Å². The number of amides is 1. The Kier molecular flexibility index (Phi) is 4.31. The van der Waals surface area contributed by atoms with Gasteiger partial charge in [0.1, 0.15) is 5.75 Å². The van der Waals surface area contributed by atoms with Crippen LogP contribution in [0.1, 0.15) is 13.3 Å². The average molecular weight is 340 g/mol. The van der Waals surface area contributed by atoms with Gasteiger partial charge in [-0.05, 0) is 37.6 Å². The molecule has 126 valence electrons. The van der Waals surface area contributed by atoms with E-state index in [0.717, 1.165) is 6.42 Å². The summed E-state index contributed by atoms with van der Waals surface area (Å²) in [5.74, 6) is 0.360. The molecular weight excluding hydrogens is 320 g/mol. The molecule has 3 rings (SSSR count). The Hall–Kier alpha value is -1.64. The van der Waals surface area contributed by atoms with E-state index in [2.05, 4.69) is 4.72 Å². The molecule has 0 aliphatic carbocycles. The number of fused-ring (bicyclic) bond motifs is 2. The molecule has 1 amide bonds. The largest absolute Gasteiger partial charge is 0.497 e. The van der Waals surface area contributed by atoms with Gasteiger partial charge in [-0.25, -0.2) is 8.42 Å². The number of hydrogen-bond donors (Lipinski definition) is 1. The van der Waals surface area contributed by atoms with Gasteiger partial charge < -0.3 is 14.4 Å². The summed E-state index contributed by atoms with van der Waals surface area (Å²) in [7, 11) is -2.25. The normalized spacial score (nSPS) is 24.7. The summed E-state index contributed by atoms with van der Waals surface area (Å²) in [5, 5.41) is 0. The van der Waals surface area contributed by atoms with Crippen LogP contribution in [0.25, 0.3) is 0 Å². The van der Waals surface area contributed by atoms with Crippen molar-refractivity contribution in [2.24, 2.45) is 0 Å². The zero-order valence-electron chi connectivity index (χ0n) is 13.1. The molecule has 0 aromatic heterocycles. The lowest BCUT2D eigenvalue weighted by Gasteiger charge is -2.29. The number of nitrogens with zero attached hydrogens (tertiary/aromatic N) is 1. The molecule has 1 N–H and O–H groups in total. The lowest BCUT2D eigenvalue weighted by Crippen LogP contribution is -2.50. The lowest BCUT2D eigenvalue weighted by atomic mass is 10.2. The minimum Gasteiger partial charge on any atom is -0.497 e.